The third kappa shape index (κ3) is 4.65. The molecule has 1 aromatic carbocycles. The van der Waals surface area contributed by atoms with Gasteiger partial charge in [0.25, 0.3) is 0 Å². The molecular formula is C14H23NO2. The van der Waals surface area contributed by atoms with E-state index in [1.807, 2.05) is 31.2 Å². The Bertz CT molecular complexity index is 328. The molecule has 0 aliphatic heterocycles. The highest BCUT2D eigenvalue weighted by molar-refractivity contribution is 5.32. The van der Waals surface area contributed by atoms with Crippen molar-refractivity contribution in [3.8, 4) is 11.5 Å². The third-order valence-corrected chi connectivity index (χ3v) is 2.93. The number of benzene rings is 1. The van der Waals surface area contributed by atoms with E-state index in [1.54, 1.807) is 0 Å². The zero-order valence-corrected chi connectivity index (χ0v) is 11.0. The minimum absolute atomic E-state index is 0.0794. The van der Waals surface area contributed by atoms with Gasteiger partial charge in [-0.15, -0.1) is 0 Å². The van der Waals surface area contributed by atoms with Gasteiger partial charge in [0.15, 0.2) is 0 Å². The Morgan fingerprint density at radius 1 is 1.18 bits per heavy atom. The van der Waals surface area contributed by atoms with E-state index in [1.165, 1.54) is 0 Å². The number of hydrogen-bond donors (Lipinski definition) is 1. The summed E-state index contributed by atoms with van der Waals surface area (Å²) in [4.78, 5) is 0. The van der Waals surface area contributed by atoms with E-state index < -0.39 is 0 Å². The predicted octanol–water partition coefficient (Wildman–Crippen LogP) is 2.84. The van der Waals surface area contributed by atoms with E-state index in [0.29, 0.717) is 19.1 Å². The highest BCUT2D eigenvalue weighted by Crippen LogP contribution is 2.19. The molecule has 3 nitrogen and oxygen atoms in total. The van der Waals surface area contributed by atoms with Crippen molar-refractivity contribution >= 4 is 0 Å². The molecule has 2 unspecified atom stereocenters. The molecule has 17 heavy (non-hydrogen) atoms. The van der Waals surface area contributed by atoms with Gasteiger partial charge < -0.3 is 15.2 Å². The molecule has 1 rings (SSSR count). The molecule has 0 saturated carbocycles. The van der Waals surface area contributed by atoms with Crippen molar-refractivity contribution in [1.82, 2.24) is 0 Å². The molecule has 0 aromatic heterocycles. The minimum atomic E-state index is 0.0794. The molecule has 2 N–H and O–H groups in total. The van der Waals surface area contributed by atoms with E-state index in [4.69, 9.17) is 15.2 Å². The summed E-state index contributed by atoms with van der Waals surface area (Å²) < 4.78 is 11.1. The molecule has 0 amide bonds. The zero-order valence-electron chi connectivity index (χ0n) is 11.0. The summed E-state index contributed by atoms with van der Waals surface area (Å²) in [5.74, 6) is 2.13. The fourth-order valence-corrected chi connectivity index (χ4v) is 1.48. The van der Waals surface area contributed by atoms with Crippen LogP contribution in [0.25, 0.3) is 0 Å². The molecule has 0 saturated heterocycles. The Kier molecular flexibility index (Phi) is 5.84. The summed E-state index contributed by atoms with van der Waals surface area (Å²) in [5, 5.41) is 0. The SMILES string of the molecule is CCOc1cccc(OCC(N)C(C)CC)c1. The maximum atomic E-state index is 6.02. The van der Waals surface area contributed by atoms with Crippen LogP contribution in [-0.2, 0) is 0 Å². The average Bonchev–Trinajstić information content (AvgIpc) is 2.36. The van der Waals surface area contributed by atoms with E-state index in [0.717, 1.165) is 17.9 Å². The zero-order chi connectivity index (χ0) is 12.7. The Balaban J connectivity index is 2.48. The first-order valence-electron chi connectivity index (χ1n) is 6.28. The Labute approximate surface area is 104 Å². The largest absolute Gasteiger partial charge is 0.494 e. The number of nitrogens with two attached hydrogens (primary N) is 1. The maximum absolute atomic E-state index is 6.02. The van der Waals surface area contributed by atoms with Crippen LogP contribution in [0.5, 0.6) is 11.5 Å². The van der Waals surface area contributed by atoms with Crippen molar-refractivity contribution in [2.24, 2.45) is 11.7 Å². The van der Waals surface area contributed by atoms with Gasteiger partial charge in [0, 0.05) is 12.1 Å². The lowest BCUT2D eigenvalue weighted by Gasteiger charge is -2.18. The van der Waals surface area contributed by atoms with E-state index in [2.05, 4.69) is 13.8 Å². The van der Waals surface area contributed by atoms with Gasteiger partial charge in [-0.2, -0.15) is 0 Å². The van der Waals surface area contributed by atoms with Gasteiger partial charge in [0.2, 0.25) is 0 Å². The van der Waals surface area contributed by atoms with Gasteiger partial charge >= 0.3 is 0 Å². The summed E-state index contributed by atoms with van der Waals surface area (Å²) in [7, 11) is 0. The Hall–Kier alpha value is -1.22. The summed E-state index contributed by atoms with van der Waals surface area (Å²) in [6.45, 7) is 7.46. The highest BCUT2D eigenvalue weighted by atomic mass is 16.5. The maximum Gasteiger partial charge on any atom is 0.123 e. The fourth-order valence-electron chi connectivity index (χ4n) is 1.48. The van der Waals surface area contributed by atoms with Gasteiger partial charge in [0.1, 0.15) is 18.1 Å². The van der Waals surface area contributed by atoms with Gasteiger partial charge in [-0.1, -0.05) is 26.3 Å². The normalized spacial score (nSPS) is 14.1. The number of ether oxygens (including phenoxy) is 2. The van der Waals surface area contributed by atoms with Crippen LogP contribution in [0.1, 0.15) is 27.2 Å². The lowest BCUT2D eigenvalue weighted by molar-refractivity contribution is 0.248. The predicted molar refractivity (Wildman–Crippen MR) is 70.5 cm³/mol. The standard InChI is InChI=1S/C14H23NO2/c1-4-11(3)14(15)10-17-13-8-6-7-12(9-13)16-5-2/h6-9,11,14H,4-5,10,15H2,1-3H3. The molecule has 0 aliphatic carbocycles. The molecule has 0 radical (unpaired) electrons. The lowest BCUT2D eigenvalue weighted by atomic mass is 10.0. The molecule has 3 heteroatoms. The van der Waals surface area contributed by atoms with Crippen molar-refractivity contribution in [3.05, 3.63) is 24.3 Å². The smallest absolute Gasteiger partial charge is 0.123 e. The van der Waals surface area contributed by atoms with Crippen LogP contribution in [0.3, 0.4) is 0 Å². The molecular weight excluding hydrogens is 214 g/mol. The Morgan fingerprint density at radius 2 is 1.82 bits per heavy atom. The minimum Gasteiger partial charge on any atom is -0.494 e. The van der Waals surface area contributed by atoms with Crippen molar-refractivity contribution in [1.29, 1.82) is 0 Å². The first kappa shape index (κ1) is 13.8. The van der Waals surface area contributed by atoms with Gasteiger partial charge in [-0.3, -0.25) is 0 Å². The fraction of sp³-hybridized carbons (Fsp3) is 0.571. The van der Waals surface area contributed by atoms with Crippen molar-refractivity contribution in [3.63, 3.8) is 0 Å². The van der Waals surface area contributed by atoms with Crippen LogP contribution in [0.2, 0.25) is 0 Å². The first-order chi connectivity index (χ1) is 8.17. The van der Waals surface area contributed by atoms with Crippen LogP contribution >= 0.6 is 0 Å². The van der Waals surface area contributed by atoms with Crippen LogP contribution in [0.15, 0.2) is 24.3 Å². The van der Waals surface area contributed by atoms with Crippen molar-refractivity contribution < 1.29 is 9.47 Å². The van der Waals surface area contributed by atoms with Crippen LogP contribution < -0.4 is 15.2 Å². The van der Waals surface area contributed by atoms with Gasteiger partial charge in [-0.05, 0) is 25.0 Å². The van der Waals surface area contributed by atoms with Crippen LogP contribution in [-0.4, -0.2) is 19.3 Å². The van der Waals surface area contributed by atoms with E-state index >= 15 is 0 Å². The molecule has 96 valence electrons. The van der Waals surface area contributed by atoms with Gasteiger partial charge in [0.05, 0.1) is 6.61 Å². The second kappa shape index (κ2) is 7.17. The molecule has 1 aromatic rings. The summed E-state index contributed by atoms with van der Waals surface area (Å²) >= 11 is 0. The van der Waals surface area contributed by atoms with Crippen LogP contribution in [0, 0.1) is 5.92 Å². The number of rotatable bonds is 7. The molecule has 0 aliphatic rings. The summed E-state index contributed by atoms with van der Waals surface area (Å²) in [6, 6.07) is 7.74. The van der Waals surface area contributed by atoms with Crippen LogP contribution in [0.4, 0.5) is 0 Å². The van der Waals surface area contributed by atoms with Crippen molar-refractivity contribution in [2.45, 2.75) is 33.2 Å². The molecule has 2 atom stereocenters. The first-order valence-corrected chi connectivity index (χ1v) is 6.28. The second-order valence-corrected chi connectivity index (χ2v) is 4.27. The number of hydrogen-bond acceptors (Lipinski definition) is 3. The monoisotopic (exact) mass is 237 g/mol. The third-order valence-electron chi connectivity index (χ3n) is 2.93. The quantitative estimate of drug-likeness (QED) is 0.793. The summed E-state index contributed by atoms with van der Waals surface area (Å²) in [6.07, 6.45) is 1.07. The molecule has 0 spiro atoms. The summed E-state index contributed by atoms with van der Waals surface area (Å²) in [5.41, 5.74) is 6.02. The second-order valence-electron chi connectivity index (χ2n) is 4.27. The lowest BCUT2D eigenvalue weighted by Crippen LogP contribution is -2.34. The average molecular weight is 237 g/mol. The van der Waals surface area contributed by atoms with E-state index in [-0.39, 0.29) is 6.04 Å². The molecule has 0 heterocycles. The van der Waals surface area contributed by atoms with E-state index in [9.17, 15) is 0 Å². The molecule has 0 fully saturated rings. The van der Waals surface area contributed by atoms with Crippen molar-refractivity contribution in [2.75, 3.05) is 13.2 Å². The topological polar surface area (TPSA) is 44.5 Å². The van der Waals surface area contributed by atoms with Gasteiger partial charge in [-0.25, -0.2) is 0 Å². The highest BCUT2D eigenvalue weighted by Gasteiger charge is 2.11. The molecule has 0 bridgehead atoms. The Morgan fingerprint density at radius 3 is 2.41 bits per heavy atom.